The van der Waals surface area contributed by atoms with E-state index in [4.69, 9.17) is 14.7 Å². The number of amides is 1. The number of nitrogens with zero attached hydrogens (tertiary/aromatic N) is 2. The van der Waals surface area contributed by atoms with Gasteiger partial charge < -0.3 is 9.47 Å². The van der Waals surface area contributed by atoms with Crippen molar-refractivity contribution in [2.75, 3.05) is 13.2 Å². The average molecular weight is 422 g/mol. The lowest BCUT2D eigenvalue weighted by atomic mass is 9.80. The molecule has 2 fully saturated rings. The van der Waals surface area contributed by atoms with E-state index >= 15 is 0 Å². The van der Waals surface area contributed by atoms with Crippen molar-refractivity contribution in [1.29, 1.82) is 5.26 Å². The molecule has 6 nitrogen and oxygen atoms in total. The van der Waals surface area contributed by atoms with Gasteiger partial charge in [-0.1, -0.05) is 36.4 Å². The number of carbonyl (C=O) groups is 2. The fraction of sp³-hybridized carbons (Fsp3) is 0.375. The van der Waals surface area contributed by atoms with E-state index in [2.05, 4.69) is 0 Å². The Morgan fingerprint density at radius 1 is 1.13 bits per heavy atom. The van der Waals surface area contributed by atoms with Crippen LogP contribution in [0.4, 0.5) is 9.18 Å². The summed E-state index contributed by atoms with van der Waals surface area (Å²) in [4.78, 5) is 27.7. The maximum absolute atomic E-state index is 13.8. The van der Waals surface area contributed by atoms with E-state index < -0.39 is 11.9 Å². The van der Waals surface area contributed by atoms with Gasteiger partial charge in [0.25, 0.3) is 0 Å². The van der Waals surface area contributed by atoms with Gasteiger partial charge in [0.1, 0.15) is 12.4 Å². The molecule has 2 aliphatic rings. The van der Waals surface area contributed by atoms with E-state index in [-0.39, 0.29) is 42.4 Å². The fourth-order valence-electron chi connectivity index (χ4n) is 4.46. The highest BCUT2D eigenvalue weighted by atomic mass is 19.1. The fourth-order valence-corrected chi connectivity index (χ4v) is 4.46. The van der Waals surface area contributed by atoms with Crippen molar-refractivity contribution < 1.29 is 23.5 Å². The Morgan fingerprint density at radius 2 is 1.84 bits per heavy atom. The van der Waals surface area contributed by atoms with E-state index in [1.165, 1.54) is 18.2 Å². The summed E-state index contributed by atoms with van der Waals surface area (Å²) in [5, 5.41) is 9.04. The van der Waals surface area contributed by atoms with Gasteiger partial charge in [-0.3, -0.25) is 9.69 Å². The van der Waals surface area contributed by atoms with Crippen molar-refractivity contribution in [1.82, 2.24) is 4.90 Å². The molecule has 2 unspecified atom stereocenters. The lowest BCUT2D eigenvalue weighted by Gasteiger charge is -2.47. The minimum absolute atomic E-state index is 0.0436. The molecule has 0 saturated carbocycles. The van der Waals surface area contributed by atoms with Gasteiger partial charge in [-0.05, 0) is 36.1 Å². The summed E-state index contributed by atoms with van der Waals surface area (Å²) in [7, 11) is 0. The van der Waals surface area contributed by atoms with Crippen molar-refractivity contribution in [3.63, 3.8) is 0 Å². The van der Waals surface area contributed by atoms with Crippen LogP contribution in [0.25, 0.3) is 0 Å². The lowest BCUT2D eigenvalue weighted by Crippen LogP contribution is -2.60. The highest BCUT2D eigenvalue weighted by molar-refractivity contribution is 5.99. The Bertz CT molecular complexity index is 990. The number of hydrogen-bond donors (Lipinski definition) is 0. The number of morpholine rings is 1. The predicted octanol–water partition coefficient (Wildman–Crippen LogP) is 3.89. The summed E-state index contributed by atoms with van der Waals surface area (Å²) in [6, 6.07) is 14.9. The molecule has 0 spiro atoms. The Morgan fingerprint density at radius 3 is 2.52 bits per heavy atom. The van der Waals surface area contributed by atoms with Crippen molar-refractivity contribution in [2.45, 2.75) is 38.0 Å². The van der Waals surface area contributed by atoms with Crippen LogP contribution >= 0.6 is 0 Å². The lowest BCUT2D eigenvalue weighted by molar-refractivity contribution is -0.0755. The van der Waals surface area contributed by atoms with Crippen LogP contribution in [0.1, 0.15) is 34.3 Å². The topological polar surface area (TPSA) is 79.6 Å². The third-order valence-electron chi connectivity index (χ3n) is 5.91. The SMILES string of the molecule is N#CCc1ccc(F)cc1C(=O)C1CC2COCC(C1)N2C(=O)OCc1ccccc1. The summed E-state index contributed by atoms with van der Waals surface area (Å²) in [5.74, 6) is -1.05. The minimum Gasteiger partial charge on any atom is -0.445 e. The highest BCUT2D eigenvalue weighted by Crippen LogP contribution is 2.35. The Hall–Kier alpha value is -3.24. The van der Waals surface area contributed by atoms with Gasteiger partial charge >= 0.3 is 6.09 Å². The summed E-state index contributed by atoms with van der Waals surface area (Å²) in [5.41, 5.74) is 1.68. The molecule has 160 valence electrons. The van der Waals surface area contributed by atoms with Crippen molar-refractivity contribution in [3.05, 3.63) is 71.0 Å². The molecule has 2 aliphatic heterocycles. The van der Waals surface area contributed by atoms with E-state index in [9.17, 15) is 14.0 Å². The van der Waals surface area contributed by atoms with E-state index in [0.717, 1.165) is 5.56 Å². The Labute approximate surface area is 180 Å². The monoisotopic (exact) mass is 422 g/mol. The number of rotatable bonds is 5. The average Bonchev–Trinajstić information content (AvgIpc) is 2.78. The second kappa shape index (κ2) is 9.27. The molecular formula is C24H23FN2O4. The van der Waals surface area contributed by atoms with Crippen molar-refractivity contribution in [3.8, 4) is 6.07 Å². The van der Waals surface area contributed by atoms with Gasteiger partial charge in [0.2, 0.25) is 0 Å². The number of hydrogen-bond acceptors (Lipinski definition) is 5. The molecule has 2 saturated heterocycles. The molecular weight excluding hydrogens is 399 g/mol. The zero-order valence-electron chi connectivity index (χ0n) is 17.0. The van der Waals surface area contributed by atoms with Gasteiger partial charge in [-0.25, -0.2) is 9.18 Å². The summed E-state index contributed by atoms with van der Waals surface area (Å²) in [6.45, 7) is 0.837. The zero-order valence-corrected chi connectivity index (χ0v) is 17.0. The van der Waals surface area contributed by atoms with Crippen LogP contribution in [0.3, 0.4) is 0 Å². The van der Waals surface area contributed by atoms with E-state index in [1.54, 1.807) is 4.90 Å². The molecule has 2 heterocycles. The van der Waals surface area contributed by atoms with E-state index in [0.29, 0.717) is 31.6 Å². The van der Waals surface area contributed by atoms with Gasteiger partial charge in [0.05, 0.1) is 37.8 Å². The third-order valence-corrected chi connectivity index (χ3v) is 5.91. The molecule has 2 aromatic carbocycles. The van der Waals surface area contributed by atoms with E-state index in [1.807, 2.05) is 36.4 Å². The first-order valence-electron chi connectivity index (χ1n) is 10.3. The zero-order chi connectivity index (χ0) is 21.8. The molecule has 0 aliphatic carbocycles. The van der Waals surface area contributed by atoms with Crippen LogP contribution < -0.4 is 0 Å². The number of halogens is 1. The number of benzene rings is 2. The third kappa shape index (κ3) is 4.59. The molecule has 2 aromatic rings. The number of fused-ring (bicyclic) bond motifs is 2. The number of ketones is 1. The standard InChI is InChI=1S/C24H23FN2O4/c25-19-7-6-17(8-9-26)22(12-19)23(28)18-10-20-14-30-15-21(11-18)27(20)24(29)31-13-16-4-2-1-3-5-16/h1-7,12,18,20-21H,8,10-11,13-15H2. The Balaban J connectivity index is 1.47. The van der Waals surface area contributed by atoms with Gasteiger partial charge in [0, 0.05) is 11.5 Å². The normalized spacial score (nSPS) is 22.5. The summed E-state index contributed by atoms with van der Waals surface area (Å²) >= 11 is 0. The van der Waals surface area contributed by atoms with Crippen LogP contribution in [0, 0.1) is 23.1 Å². The number of carbonyl (C=O) groups excluding carboxylic acids is 2. The first-order valence-corrected chi connectivity index (χ1v) is 10.3. The smallest absolute Gasteiger partial charge is 0.410 e. The van der Waals surface area contributed by atoms with Crippen LogP contribution in [0.5, 0.6) is 0 Å². The molecule has 0 radical (unpaired) electrons. The summed E-state index contributed by atoms with van der Waals surface area (Å²) < 4.78 is 25.0. The molecule has 4 rings (SSSR count). The van der Waals surface area contributed by atoms with Gasteiger partial charge in [0.15, 0.2) is 5.78 Å². The van der Waals surface area contributed by atoms with Crippen LogP contribution in [-0.4, -0.2) is 42.1 Å². The molecule has 31 heavy (non-hydrogen) atoms. The molecule has 0 aromatic heterocycles. The molecule has 2 bridgehead atoms. The van der Waals surface area contributed by atoms with Crippen molar-refractivity contribution >= 4 is 11.9 Å². The molecule has 1 amide bonds. The summed E-state index contributed by atoms with van der Waals surface area (Å²) in [6.07, 6.45) is 0.461. The van der Waals surface area contributed by atoms with Gasteiger partial charge in [-0.15, -0.1) is 0 Å². The number of piperidine rings is 1. The van der Waals surface area contributed by atoms with Crippen LogP contribution in [-0.2, 0) is 22.5 Å². The molecule has 2 atom stereocenters. The maximum atomic E-state index is 13.8. The van der Waals surface area contributed by atoms with Crippen LogP contribution in [0.15, 0.2) is 48.5 Å². The Kier molecular flexibility index (Phi) is 6.28. The van der Waals surface area contributed by atoms with Crippen LogP contribution in [0.2, 0.25) is 0 Å². The quantitative estimate of drug-likeness (QED) is 0.683. The minimum atomic E-state index is -0.504. The van der Waals surface area contributed by atoms with Gasteiger partial charge in [-0.2, -0.15) is 5.26 Å². The highest BCUT2D eigenvalue weighted by Gasteiger charge is 2.44. The van der Waals surface area contributed by atoms with Crippen molar-refractivity contribution in [2.24, 2.45) is 5.92 Å². The number of ether oxygens (including phenoxy) is 2. The predicted molar refractivity (Wildman–Crippen MR) is 110 cm³/mol. The first kappa shape index (κ1) is 21.0. The number of nitriles is 1. The molecule has 0 N–H and O–H groups in total. The molecule has 7 heteroatoms. The maximum Gasteiger partial charge on any atom is 0.410 e. The largest absolute Gasteiger partial charge is 0.445 e. The second-order valence-electron chi connectivity index (χ2n) is 7.96. The second-order valence-corrected chi connectivity index (χ2v) is 7.96. The number of Topliss-reactive ketones (excluding diaryl/α,β-unsaturated/α-hetero) is 1. The first-order chi connectivity index (χ1) is 15.1.